The molecule has 25 heavy (non-hydrogen) atoms. The number of benzene rings is 1. The van der Waals surface area contributed by atoms with Gasteiger partial charge in [-0.05, 0) is 30.2 Å². The zero-order chi connectivity index (χ0) is 18.2. The normalized spacial score (nSPS) is 11.8. The van der Waals surface area contributed by atoms with Gasteiger partial charge in [0, 0.05) is 24.9 Å². The van der Waals surface area contributed by atoms with Crippen LogP contribution < -0.4 is 10.6 Å². The zero-order valence-corrected chi connectivity index (χ0v) is 14.3. The molecule has 2 rings (SSSR count). The van der Waals surface area contributed by atoms with Crippen molar-refractivity contribution in [2.75, 3.05) is 6.54 Å². The van der Waals surface area contributed by atoms with Crippen molar-refractivity contribution in [1.29, 1.82) is 0 Å². The largest absolute Gasteiger partial charge is 0.354 e. The van der Waals surface area contributed by atoms with Crippen LogP contribution in [0.3, 0.4) is 0 Å². The van der Waals surface area contributed by atoms with E-state index >= 15 is 0 Å². The molecule has 0 unspecified atom stereocenters. The summed E-state index contributed by atoms with van der Waals surface area (Å²) in [5.74, 6) is -1.64. The molecular weight excluding hydrogens is 321 g/mol. The summed E-state index contributed by atoms with van der Waals surface area (Å²) in [7, 11) is 0. The third-order valence-electron chi connectivity index (χ3n) is 3.76. The van der Waals surface area contributed by atoms with Crippen molar-refractivity contribution in [1.82, 2.24) is 15.6 Å². The molecule has 1 aromatic carbocycles. The quantitative estimate of drug-likeness (QED) is 0.811. The Bertz CT molecular complexity index is 720. The predicted molar refractivity (Wildman–Crippen MR) is 93.4 cm³/mol. The standard InChI is InChI=1S/C19H22FN3O2/c1-13(2)17(23-18(24)15-8-3-4-9-16(15)20)19(25)22-12-10-14-7-5-6-11-21-14/h3-9,11,13,17H,10,12H2,1-2H3,(H,22,25)(H,23,24)/t17-/m1/s1. The number of halogens is 1. The van der Waals surface area contributed by atoms with Crippen LogP contribution in [0.2, 0.25) is 0 Å². The van der Waals surface area contributed by atoms with Gasteiger partial charge in [0.15, 0.2) is 0 Å². The SMILES string of the molecule is CC(C)[C@@H](NC(=O)c1ccccc1F)C(=O)NCCc1ccccn1. The number of aromatic nitrogens is 1. The summed E-state index contributed by atoms with van der Waals surface area (Å²) in [5, 5.41) is 5.41. The number of pyridine rings is 1. The highest BCUT2D eigenvalue weighted by molar-refractivity contribution is 5.97. The number of nitrogens with zero attached hydrogens (tertiary/aromatic N) is 1. The Morgan fingerprint density at radius 3 is 2.48 bits per heavy atom. The first-order chi connectivity index (χ1) is 12.0. The van der Waals surface area contributed by atoms with E-state index in [0.717, 1.165) is 5.69 Å². The molecule has 0 radical (unpaired) electrons. The van der Waals surface area contributed by atoms with E-state index in [1.807, 2.05) is 32.0 Å². The van der Waals surface area contributed by atoms with Gasteiger partial charge in [-0.3, -0.25) is 14.6 Å². The molecule has 6 heteroatoms. The number of nitrogens with one attached hydrogen (secondary N) is 2. The second kappa shape index (κ2) is 8.92. The van der Waals surface area contributed by atoms with Crippen LogP contribution in [-0.2, 0) is 11.2 Å². The fourth-order valence-electron chi connectivity index (χ4n) is 2.37. The Kier molecular flexibility index (Phi) is 6.62. The molecule has 2 aromatic rings. The number of amides is 2. The van der Waals surface area contributed by atoms with Crippen LogP contribution in [0.15, 0.2) is 48.7 Å². The molecule has 0 saturated carbocycles. The van der Waals surface area contributed by atoms with Crippen molar-refractivity contribution in [3.05, 3.63) is 65.7 Å². The molecule has 0 aliphatic carbocycles. The highest BCUT2D eigenvalue weighted by atomic mass is 19.1. The van der Waals surface area contributed by atoms with Crippen LogP contribution in [0, 0.1) is 11.7 Å². The summed E-state index contributed by atoms with van der Waals surface area (Å²) < 4.78 is 13.7. The Balaban J connectivity index is 1.94. The minimum Gasteiger partial charge on any atom is -0.354 e. The lowest BCUT2D eigenvalue weighted by Crippen LogP contribution is -2.50. The van der Waals surface area contributed by atoms with Crippen molar-refractivity contribution in [3.63, 3.8) is 0 Å². The Labute approximate surface area is 146 Å². The van der Waals surface area contributed by atoms with Gasteiger partial charge < -0.3 is 10.6 Å². The summed E-state index contributed by atoms with van der Waals surface area (Å²) >= 11 is 0. The summed E-state index contributed by atoms with van der Waals surface area (Å²) in [4.78, 5) is 28.8. The van der Waals surface area contributed by atoms with Gasteiger partial charge in [0.1, 0.15) is 11.9 Å². The van der Waals surface area contributed by atoms with Crippen LogP contribution in [0.1, 0.15) is 29.9 Å². The van der Waals surface area contributed by atoms with E-state index in [1.54, 1.807) is 12.3 Å². The van der Waals surface area contributed by atoms with Crippen molar-refractivity contribution in [2.24, 2.45) is 5.92 Å². The number of carbonyl (C=O) groups is 2. The van der Waals surface area contributed by atoms with E-state index in [2.05, 4.69) is 15.6 Å². The molecule has 0 saturated heterocycles. The highest BCUT2D eigenvalue weighted by Crippen LogP contribution is 2.09. The summed E-state index contributed by atoms with van der Waals surface area (Å²) in [5.41, 5.74) is 0.800. The molecule has 2 N–H and O–H groups in total. The monoisotopic (exact) mass is 343 g/mol. The van der Waals surface area contributed by atoms with Gasteiger partial charge >= 0.3 is 0 Å². The molecule has 0 bridgehead atoms. The molecule has 132 valence electrons. The lowest BCUT2D eigenvalue weighted by atomic mass is 10.0. The zero-order valence-electron chi connectivity index (χ0n) is 14.3. The van der Waals surface area contributed by atoms with Crippen LogP contribution in [0.4, 0.5) is 4.39 Å². The van der Waals surface area contributed by atoms with Crippen molar-refractivity contribution < 1.29 is 14.0 Å². The van der Waals surface area contributed by atoms with Crippen LogP contribution >= 0.6 is 0 Å². The Morgan fingerprint density at radius 1 is 1.12 bits per heavy atom. The third kappa shape index (κ3) is 5.38. The van der Waals surface area contributed by atoms with E-state index in [-0.39, 0.29) is 17.4 Å². The number of hydrogen-bond acceptors (Lipinski definition) is 3. The molecule has 1 aromatic heterocycles. The molecule has 1 heterocycles. The first-order valence-electron chi connectivity index (χ1n) is 8.22. The summed E-state index contributed by atoms with van der Waals surface area (Å²) in [6.45, 7) is 4.06. The van der Waals surface area contributed by atoms with Gasteiger partial charge in [0.25, 0.3) is 5.91 Å². The third-order valence-corrected chi connectivity index (χ3v) is 3.76. The van der Waals surface area contributed by atoms with E-state index < -0.39 is 17.8 Å². The fraction of sp³-hybridized carbons (Fsp3) is 0.316. The average molecular weight is 343 g/mol. The van der Waals surface area contributed by atoms with Crippen LogP contribution in [0.25, 0.3) is 0 Å². The first kappa shape index (κ1) is 18.6. The Morgan fingerprint density at radius 2 is 1.84 bits per heavy atom. The molecule has 0 spiro atoms. The number of carbonyl (C=O) groups excluding carboxylic acids is 2. The maximum Gasteiger partial charge on any atom is 0.254 e. The first-order valence-corrected chi connectivity index (χ1v) is 8.22. The molecule has 0 aliphatic rings. The predicted octanol–water partition coefficient (Wildman–Crippen LogP) is 2.33. The minimum absolute atomic E-state index is 0.0746. The molecule has 0 aliphatic heterocycles. The van der Waals surface area contributed by atoms with E-state index in [9.17, 15) is 14.0 Å². The van der Waals surface area contributed by atoms with Gasteiger partial charge in [-0.2, -0.15) is 0 Å². The van der Waals surface area contributed by atoms with Gasteiger partial charge in [-0.25, -0.2) is 4.39 Å². The molecule has 1 atom stereocenters. The molecule has 2 amide bonds. The fourth-order valence-corrected chi connectivity index (χ4v) is 2.37. The second-order valence-electron chi connectivity index (χ2n) is 6.04. The van der Waals surface area contributed by atoms with Gasteiger partial charge in [-0.1, -0.05) is 32.0 Å². The summed E-state index contributed by atoms with van der Waals surface area (Å²) in [6, 6.07) is 10.5. The van der Waals surface area contributed by atoms with Crippen LogP contribution in [0.5, 0.6) is 0 Å². The van der Waals surface area contributed by atoms with E-state index in [0.29, 0.717) is 13.0 Å². The van der Waals surface area contributed by atoms with E-state index in [1.165, 1.54) is 18.2 Å². The maximum atomic E-state index is 13.7. The average Bonchev–Trinajstić information content (AvgIpc) is 2.60. The van der Waals surface area contributed by atoms with Gasteiger partial charge in [0.05, 0.1) is 5.56 Å². The highest BCUT2D eigenvalue weighted by Gasteiger charge is 2.25. The minimum atomic E-state index is -0.740. The van der Waals surface area contributed by atoms with E-state index in [4.69, 9.17) is 0 Å². The smallest absolute Gasteiger partial charge is 0.254 e. The lowest BCUT2D eigenvalue weighted by molar-refractivity contribution is -0.123. The van der Waals surface area contributed by atoms with Crippen molar-refractivity contribution >= 4 is 11.8 Å². The van der Waals surface area contributed by atoms with Crippen molar-refractivity contribution in [3.8, 4) is 0 Å². The molecule has 0 fully saturated rings. The number of rotatable bonds is 7. The maximum absolute atomic E-state index is 13.7. The van der Waals surface area contributed by atoms with Gasteiger partial charge in [0.2, 0.25) is 5.91 Å². The van der Waals surface area contributed by atoms with Crippen molar-refractivity contribution in [2.45, 2.75) is 26.3 Å². The Hall–Kier alpha value is -2.76. The topological polar surface area (TPSA) is 71.1 Å². The van der Waals surface area contributed by atoms with Gasteiger partial charge in [-0.15, -0.1) is 0 Å². The number of hydrogen-bond donors (Lipinski definition) is 2. The second-order valence-corrected chi connectivity index (χ2v) is 6.04. The summed E-state index contributed by atoms with van der Waals surface area (Å²) in [6.07, 6.45) is 2.29. The lowest BCUT2D eigenvalue weighted by Gasteiger charge is -2.22. The molecular formula is C19H22FN3O2. The molecule has 5 nitrogen and oxygen atoms in total. The van der Waals surface area contributed by atoms with Crippen LogP contribution in [-0.4, -0.2) is 29.4 Å².